The second-order valence-corrected chi connectivity index (χ2v) is 12.1. The Balaban J connectivity index is 1.57. The summed E-state index contributed by atoms with van der Waals surface area (Å²) in [6.45, 7) is 6.03. The fourth-order valence-electron chi connectivity index (χ4n) is 6.98. The maximum Gasteiger partial charge on any atom is 0.313 e. The minimum absolute atomic E-state index is 0.178. The molecule has 5 rings (SSSR count). The van der Waals surface area contributed by atoms with E-state index in [1.807, 2.05) is 42.5 Å². The van der Waals surface area contributed by atoms with Gasteiger partial charge in [0.1, 0.15) is 23.7 Å². The van der Waals surface area contributed by atoms with Crippen LogP contribution in [0.15, 0.2) is 54.6 Å². The van der Waals surface area contributed by atoms with E-state index in [2.05, 4.69) is 12.2 Å². The molecule has 8 atom stereocenters. The van der Waals surface area contributed by atoms with Gasteiger partial charge >= 0.3 is 5.97 Å². The van der Waals surface area contributed by atoms with Crippen LogP contribution in [0.4, 0.5) is 0 Å². The topological polar surface area (TPSA) is 125 Å². The molecule has 2 N–H and O–H groups in total. The van der Waals surface area contributed by atoms with E-state index in [0.29, 0.717) is 25.1 Å². The summed E-state index contributed by atoms with van der Waals surface area (Å²) >= 11 is 0. The summed E-state index contributed by atoms with van der Waals surface area (Å²) in [7, 11) is 0. The first kappa shape index (κ1) is 30.9. The molecule has 0 radical (unpaired) electrons. The molecular weight excluding hydrogens is 550 g/mol. The number of carbonyl (C=O) groups excluding carboxylic acids is 4. The maximum atomic E-state index is 14.4. The number of cyclic esters (lactones) is 1. The fourth-order valence-corrected chi connectivity index (χ4v) is 6.98. The van der Waals surface area contributed by atoms with Crippen molar-refractivity contribution in [3.05, 3.63) is 60.2 Å². The molecule has 1 spiro atoms. The largest absolute Gasteiger partial charge is 0.455 e. The van der Waals surface area contributed by atoms with Crippen molar-refractivity contribution in [2.75, 3.05) is 19.7 Å². The molecule has 2 saturated heterocycles. The predicted molar refractivity (Wildman–Crippen MR) is 158 cm³/mol. The smallest absolute Gasteiger partial charge is 0.313 e. The van der Waals surface area contributed by atoms with Gasteiger partial charge in [0.25, 0.3) is 0 Å². The number of nitrogens with one attached hydrogen (secondary N) is 1. The van der Waals surface area contributed by atoms with Gasteiger partial charge in [0.15, 0.2) is 0 Å². The summed E-state index contributed by atoms with van der Waals surface area (Å²) in [4.78, 5) is 58.7. The van der Waals surface area contributed by atoms with Crippen LogP contribution in [-0.2, 0) is 28.7 Å². The fraction of sp³-hybridized carbons (Fsp3) is 0.576. The average molecular weight is 594 g/mol. The Morgan fingerprint density at radius 3 is 2.58 bits per heavy atom. The third-order valence-electron chi connectivity index (χ3n) is 9.14. The number of unbranched alkanes of at least 4 members (excludes halogenated alkanes) is 2. The lowest BCUT2D eigenvalue weighted by Crippen LogP contribution is -2.58. The van der Waals surface area contributed by atoms with Gasteiger partial charge in [-0.2, -0.15) is 0 Å². The lowest BCUT2D eigenvalue weighted by Gasteiger charge is -2.37. The molecule has 0 unspecified atom stereocenters. The highest BCUT2D eigenvalue weighted by Crippen LogP contribution is 2.56. The summed E-state index contributed by atoms with van der Waals surface area (Å²) in [5, 5.41) is 13.1. The highest BCUT2D eigenvalue weighted by molar-refractivity contribution is 5.99. The van der Waals surface area contributed by atoms with E-state index < -0.39 is 59.6 Å². The molecule has 10 nitrogen and oxygen atoms in total. The van der Waals surface area contributed by atoms with Gasteiger partial charge in [-0.25, -0.2) is 0 Å². The van der Waals surface area contributed by atoms with Crippen LogP contribution in [0.2, 0.25) is 0 Å². The standard InChI is InChI=1S/C33H43N3O7/c1-4-5-11-18-35-19-12-7-10-15-25(38)34-22(3)28(23-13-8-6-9-14-23)42-32(41)26-24-16-17-33(43-24)27(26)30(39)36(21(2)20-37)29(33)31(35)40/h6-9,12-14,16-17,21-22,24,26-29,37H,4-5,10-11,15,18-20H2,1-3H3,(H,34,38)/b12-7-/t21-,22+,24-,26+,27+,28-,29-,33+/m1/s1. The van der Waals surface area contributed by atoms with E-state index in [-0.39, 0.29) is 24.8 Å². The summed E-state index contributed by atoms with van der Waals surface area (Å²) in [5.41, 5.74) is -0.644. The van der Waals surface area contributed by atoms with Gasteiger partial charge in [-0.3, -0.25) is 19.2 Å². The number of aliphatic hydroxyl groups excluding tert-OH is 1. The van der Waals surface area contributed by atoms with Crippen molar-refractivity contribution in [3.63, 3.8) is 0 Å². The number of fused-ring (bicyclic) bond motifs is 2. The minimum Gasteiger partial charge on any atom is -0.455 e. The van der Waals surface area contributed by atoms with Gasteiger partial charge in [0.05, 0.1) is 30.7 Å². The third-order valence-corrected chi connectivity index (χ3v) is 9.14. The molecule has 0 aromatic heterocycles. The van der Waals surface area contributed by atoms with Gasteiger partial charge in [-0.15, -0.1) is 0 Å². The lowest BCUT2D eigenvalue weighted by molar-refractivity contribution is -0.161. The zero-order chi connectivity index (χ0) is 30.7. The monoisotopic (exact) mass is 593 g/mol. The summed E-state index contributed by atoms with van der Waals surface area (Å²) in [5.74, 6) is -3.46. The number of carbonyl (C=O) groups is 4. The van der Waals surface area contributed by atoms with E-state index in [0.717, 1.165) is 19.3 Å². The van der Waals surface area contributed by atoms with Gasteiger partial charge in [-0.1, -0.05) is 74.4 Å². The number of likely N-dealkylation sites (tertiary alicyclic amines) is 1. The van der Waals surface area contributed by atoms with E-state index in [4.69, 9.17) is 9.47 Å². The lowest BCUT2D eigenvalue weighted by atomic mass is 9.74. The molecule has 4 aliphatic heterocycles. The quantitative estimate of drug-likeness (QED) is 0.283. The van der Waals surface area contributed by atoms with Crippen LogP contribution in [0, 0.1) is 11.8 Å². The molecule has 0 aliphatic carbocycles. The molecule has 1 aromatic carbocycles. The Kier molecular flexibility index (Phi) is 9.36. The van der Waals surface area contributed by atoms with Crippen LogP contribution < -0.4 is 5.32 Å². The Labute approximate surface area is 253 Å². The molecule has 232 valence electrons. The number of esters is 1. The molecule has 1 aromatic rings. The van der Waals surface area contributed by atoms with Crippen molar-refractivity contribution >= 4 is 23.7 Å². The van der Waals surface area contributed by atoms with Crippen LogP contribution in [0.25, 0.3) is 0 Å². The average Bonchev–Trinajstić information content (AvgIpc) is 3.65. The zero-order valence-electron chi connectivity index (χ0n) is 25.2. The van der Waals surface area contributed by atoms with Gasteiger partial charge in [0.2, 0.25) is 17.7 Å². The molecule has 4 heterocycles. The van der Waals surface area contributed by atoms with Gasteiger partial charge in [-0.05, 0) is 32.3 Å². The number of benzene rings is 1. The summed E-state index contributed by atoms with van der Waals surface area (Å²) in [6, 6.07) is 6.94. The van der Waals surface area contributed by atoms with E-state index in [1.165, 1.54) is 4.90 Å². The Morgan fingerprint density at radius 1 is 1.09 bits per heavy atom. The number of aliphatic hydroxyl groups is 1. The summed E-state index contributed by atoms with van der Waals surface area (Å²) in [6.07, 6.45) is 9.17. The van der Waals surface area contributed by atoms with E-state index >= 15 is 0 Å². The number of hydrogen-bond acceptors (Lipinski definition) is 7. The van der Waals surface area contributed by atoms with Crippen molar-refractivity contribution < 1.29 is 33.8 Å². The number of rotatable bonds is 7. The summed E-state index contributed by atoms with van der Waals surface area (Å²) < 4.78 is 12.6. The Hall–Kier alpha value is -3.50. The van der Waals surface area contributed by atoms with Crippen molar-refractivity contribution in [1.82, 2.24) is 15.1 Å². The van der Waals surface area contributed by atoms with E-state index in [1.54, 1.807) is 30.9 Å². The minimum atomic E-state index is -1.35. The first-order valence-corrected chi connectivity index (χ1v) is 15.5. The molecule has 3 amide bonds. The molecule has 2 fully saturated rings. The third kappa shape index (κ3) is 5.74. The van der Waals surface area contributed by atoms with E-state index in [9.17, 15) is 24.3 Å². The molecule has 43 heavy (non-hydrogen) atoms. The molecule has 5 bridgehead atoms. The first-order chi connectivity index (χ1) is 20.7. The zero-order valence-corrected chi connectivity index (χ0v) is 25.2. The molecule has 4 aliphatic rings. The number of hydrogen-bond donors (Lipinski definition) is 2. The van der Waals surface area contributed by atoms with Crippen LogP contribution >= 0.6 is 0 Å². The van der Waals surface area contributed by atoms with Crippen LogP contribution in [0.3, 0.4) is 0 Å². The van der Waals surface area contributed by atoms with Gasteiger partial charge in [0, 0.05) is 19.5 Å². The molecule has 10 heteroatoms. The number of allylic oxidation sites excluding steroid dienone is 1. The number of ether oxygens (including phenoxy) is 2. The maximum absolute atomic E-state index is 14.4. The number of nitrogens with zero attached hydrogens (tertiary/aromatic N) is 2. The molecular formula is C33H43N3O7. The number of amides is 3. The van der Waals surface area contributed by atoms with Crippen molar-refractivity contribution in [2.24, 2.45) is 11.8 Å². The highest BCUT2D eigenvalue weighted by Gasteiger charge is 2.74. The van der Waals surface area contributed by atoms with Crippen LogP contribution in [0.1, 0.15) is 64.5 Å². The molecule has 0 saturated carbocycles. The van der Waals surface area contributed by atoms with Crippen molar-refractivity contribution in [2.45, 2.75) is 88.8 Å². The van der Waals surface area contributed by atoms with Gasteiger partial charge < -0.3 is 29.7 Å². The predicted octanol–water partition coefficient (Wildman–Crippen LogP) is 2.68. The van der Waals surface area contributed by atoms with Crippen molar-refractivity contribution in [3.8, 4) is 0 Å². The first-order valence-electron chi connectivity index (χ1n) is 15.5. The normalized spacial score (nSPS) is 34.2. The highest BCUT2D eigenvalue weighted by atomic mass is 16.6. The SMILES string of the molecule is CCCCCN1C/C=C\CCC(=O)N[C@@H](C)[C@H](c2ccccc2)OC(=O)[C@@H]2[C@H]3C(=O)N([C@H](C)CO)[C@H](C1=O)[C@]31C=C[C@H]2O1. The Bertz CT molecular complexity index is 1270. The Morgan fingerprint density at radius 2 is 1.86 bits per heavy atom. The van der Waals surface area contributed by atoms with Crippen LogP contribution in [0.5, 0.6) is 0 Å². The second-order valence-electron chi connectivity index (χ2n) is 12.1. The van der Waals surface area contributed by atoms with Crippen molar-refractivity contribution in [1.29, 1.82) is 0 Å². The van der Waals surface area contributed by atoms with Crippen LogP contribution in [-0.4, -0.2) is 88.1 Å². The second kappa shape index (κ2) is 13.0.